The zero-order valence-electron chi connectivity index (χ0n) is 17.6. The number of fused-ring (bicyclic) bond motifs is 3. The first-order valence-electron chi connectivity index (χ1n) is 10.2. The highest BCUT2D eigenvalue weighted by Crippen LogP contribution is 2.37. The molecule has 1 aliphatic rings. The number of para-hydroxylation sites is 1. The van der Waals surface area contributed by atoms with Crippen molar-refractivity contribution in [3.8, 4) is 11.8 Å². The summed E-state index contributed by atoms with van der Waals surface area (Å²) in [6.45, 7) is 8.27. The molecule has 0 aliphatic carbocycles. The van der Waals surface area contributed by atoms with Crippen molar-refractivity contribution in [2.75, 3.05) is 0 Å². The molecular formula is C25H23BN2O2. The van der Waals surface area contributed by atoms with Gasteiger partial charge in [-0.2, -0.15) is 5.26 Å². The Kier molecular flexibility index (Phi) is 4.08. The van der Waals surface area contributed by atoms with Crippen LogP contribution in [0.25, 0.3) is 27.5 Å². The van der Waals surface area contributed by atoms with E-state index >= 15 is 0 Å². The van der Waals surface area contributed by atoms with Gasteiger partial charge in [0.2, 0.25) is 0 Å². The molecule has 0 bridgehead atoms. The van der Waals surface area contributed by atoms with Crippen LogP contribution in [0.2, 0.25) is 0 Å². The van der Waals surface area contributed by atoms with Gasteiger partial charge in [-0.3, -0.25) is 0 Å². The fraction of sp³-hybridized carbons (Fsp3) is 0.240. The molecular weight excluding hydrogens is 371 g/mol. The summed E-state index contributed by atoms with van der Waals surface area (Å²) >= 11 is 0. The second kappa shape index (κ2) is 6.47. The zero-order valence-corrected chi connectivity index (χ0v) is 17.6. The number of hydrogen-bond donors (Lipinski definition) is 0. The summed E-state index contributed by atoms with van der Waals surface area (Å²) in [7, 11) is -0.410. The van der Waals surface area contributed by atoms with Crippen molar-refractivity contribution >= 4 is 34.4 Å². The summed E-state index contributed by atoms with van der Waals surface area (Å²) in [5.41, 5.74) is 4.12. The van der Waals surface area contributed by atoms with Crippen molar-refractivity contribution in [1.29, 1.82) is 5.26 Å². The van der Waals surface area contributed by atoms with E-state index < -0.39 is 7.12 Å². The van der Waals surface area contributed by atoms with Gasteiger partial charge in [-0.05, 0) is 69.6 Å². The highest BCUT2D eigenvalue weighted by atomic mass is 16.7. The first-order valence-corrected chi connectivity index (χ1v) is 10.2. The maximum absolute atomic E-state index is 9.16. The zero-order chi connectivity index (χ0) is 21.1. The Morgan fingerprint density at radius 3 is 2.10 bits per heavy atom. The Morgan fingerprint density at radius 1 is 0.800 bits per heavy atom. The van der Waals surface area contributed by atoms with Crippen LogP contribution >= 0.6 is 0 Å². The van der Waals surface area contributed by atoms with Gasteiger partial charge in [0.25, 0.3) is 0 Å². The number of nitrogens with zero attached hydrogens (tertiary/aromatic N) is 2. The van der Waals surface area contributed by atoms with Gasteiger partial charge < -0.3 is 13.9 Å². The van der Waals surface area contributed by atoms with Gasteiger partial charge in [0, 0.05) is 16.5 Å². The van der Waals surface area contributed by atoms with Crippen LogP contribution in [0.4, 0.5) is 0 Å². The Balaban J connectivity index is 1.72. The molecule has 1 aromatic heterocycles. The Labute approximate surface area is 176 Å². The average Bonchev–Trinajstić information content (AvgIpc) is 3.17. The molecule has 2 heterocycles. The predicted octanol–water partition coefficient (Wildman–Crippen LogP) is 4.95. The Morgan fingerprint density at radius 2 is 1.43 bits per heavy atom. The summed E-state index contributed by atoms with van der Waals surface area (Å²) in [4.78, 5) is 0. The summed E-state index contributed by atoms with van der Waals surface area (Å²) < 4.78 is 14.8. The lowest BCUT2D eigenvalue weighted by atomic mass is 9.79. The molecule has 0 amide bonds. The molecule has 4 nitrogen and oxygen atoms in total. The molecule has 4 aromatic rings. The second-order valence-corrected chi connectivity index (χ2v) is 8.88. The van der Waals surface area contributed by atoms with Crippen molar-refractivity contribution < 1.29 is 9.31 Å². The molecule has 1 saturated heterocycles. The molecule has 0 atom stereocenters. The predicted molar refractivity (Wildman–Crippen MR) is 121 cm³/mol. The summed E-state index contributed by atoms with van der Waals surface area (Å²) in [5, 5.41) is 11.5. The van der Waals surface area contributed by atoms with Crippen LogP contribution in [0.1, 0.15) is 33.3 Å². The largest absolute Gasteiger partial charge is 0.494 e. The lowest BCUT2D eigenvalue weighted by molar-refractivity contribution is 0.00578. The third kappa shape index (κ3) is 2.76. The van der Waals surface area contributed by atoms with Gasteiger partial charge in [0.15, 0.2) is 0 Å². The monoisotopic (exact) mass is 394 g/mol. The number of rotatable bonds is 2. The number of aromatic nitrogens is 1. The molecule has 5 rings (SSSR count). The van der Waals surface area contributed by atoms with Crippen LogP contribution in [-0.4, -0.2) is 22.9 Å². The van der Waals surface area contributed by atoms with Crippen LogP contribution in [0.3, 0.4) is 0 Å². The van der Waals surface area contributed by atoms with E-state index in [2.05, 4.69) is 80.8 Å². The van der Waals surface area contributed by atoms with E-state index in [1.807, 2.05) is 24.3 Å². The molecule has 30 heavy (non-hydrogen) atoms. The van der Waals surface area contributed by atoms with Gasteiger partial charge in [-0.25, -0.2) is 0 Å². The minimum atomic E-state index is -0.410. The standard InChI is InChI=1S/C25H23BN2O2/c1-24(2)25(3,4)30-26(29-24)18-11-14-21-20-7-5-6-8-22(20)28(23(21)15-18)19-12-9-17(16-27)10-13-19/h5-15H,1-4H3. The van der Waals surface area contributed by atoms with E-state index in [0.717, 1.165) is 22.2 Å². The van der Waals surface area contributed by atoms with Crippen LogP contribution in [0, 0.1) is 11.3 Å². The quantitative estimate of drug-likeness (QED) is 0.452. The number of benzene rings is 3. The van der Waals surface area contributed by atoms with Crippen LogP contribution < -0.4 is 5.46 Å². The molecule has 0 N–H and O–H groups in total. The smallest absolute Gasteiger partial charge is 0.399 e. The normalized spacial score (nSPS) is 17.5. The summed E-state index contributed by atoms with van der Waals surface area (Å²) in [6, 6.07) is 24.7. The molecule has 0 radical (unpaired) electrons. The summed E-state index contributed by atoms with van der Waals surface area (Å²) in [5.74, 6) is 0. The van der Waals surface area contributed by atoms with Crippen molar-refractivity contribution in [2.45, 2.75) is 38.9 Å². The third-order valence-corrected chi connectivity index (χ3v) is 6.48. The minimum absolute atomic E-state index is 0.382. The van der Waals surface area contributed by atoms with Gasteiger partial charge in [-0.1, -0.05) is 30.3 Å². The van der Waals surface area contributed by atoms with Crippen LogP contribution in [0.5, 0.6) is 0 Å². The van der Waals surface area contributed by atoms with E-state index in [-0.39, 0.29) is 11.2 Å². The van der Waals surface area contributed by atoms with Gasteiger partial charge >= 0.3 is 7.12 Å². The van der Waals surface area contributed by atoms with E-state index in [1.54, 1.807) is 0 Å². The first-order chi connectivity index (χ1) is 14.3. The first kappa shape index (κ1) is 18.9. The average molecular weight is 394 g/mol. The number of nitriles is 1. The molecule has 148 valence electrons. The van der Waals surface area contributed by atoms with Crippen LogP contribution in [-0.2, 0) is 9.31 Å². The van der Waals surface area contributed by atoms with Crippen molar-refractivity contribution in [3.05, 3.63) is 72.3 Å². The highest BCUT2D eigenvalue weighted by Gasteiger charge is 2.51. The fourth-order valence-corrected chi connectivity index (χ4v) is 4.08. The highest BCUT2D eigenvalue weighted by molar-refractivity contribution is 6.62. The molecule has 3 aromatic carbocycles. The van der Waals surface area contributed by atoms with E-state index in [9.17, 15) is 0 Å². The van der Waals surface area contributed by atoms with E-state index in [4.69, 9.17) is 14.6 Å². The molecule has 1 fully saturated rings. The molecule has 0 spiro atoms. The van der Waals surface area contributed by atoms with Crippen molar-refractivity contribution in [1.82, 2.24) is 4.57 Å². The third-order valence-electron chi connectivity index (χ3n) is 6.48. The summed E-state index contributed by atoms with van der Waals surface area (Å²) in [6.07, 6.45) is 0. The topological polar surface area (TPSA) is 47.2 Å². The van der Waals surface area contributed by atoms with Crippen molar-refractivity contribution in [3.63, 3.8) is 0 Å². The fourth-order valence-electron chi connectivity index (χ4n) is 4.08. The van der Waals surface area contributed by atoms with Gasteiger partial charge in [-0.15, -0.1) is 0 Å². The lowest BCUT2D eigenvalue weighted by Gasteiger charge is -2.32. The molecule has 1 aliphatic heterocycles. The molecule has 0 saturated carbocycles. The Hall–Kier alpha value is -3.07. The van der Waals surface area contributed by atoms with E-state index in [0.29, 0.717) is 5.56 Å². The SMILES string of the molecule is CC1(C)OB(c2ccc3c4ccccc4n(-c4ccc(C#N)cc4)c3c2)OC1(C)C. The van der Waals surface area contributed by atoms with Crippen molar-refractivity contribution in [2.24, 2.45) is 0 Å². The number of hydrogen-bond acceptors (Lipinski definition) is 3. The van der Waals surface area contributed by atoms with Gasteiger partial charge in [0.1, 0.15) is 0 Å². The van der Waals surface area contributed by atoms with Gasteiger partial charge in [0.05, 0.1) is 33.9 Å². The van der Waals surface area contributed by atoms with Crippen LogP contribution in [0.15, 0.2) is 66.7 Å². The maximum atomic E-state index is 9.16. The Bertz CT molecular complexity index is 1300. The molecule has 0 unspecified atom stereocenters. The second-order valence-electron chi connectivity index (χ2n) is 8.88. The molecule has 5 heteroatoms. The van der Waals surface area contributed by atoms with E-state index in [1.165, 1.54) is 10.8 Å². The minimum Gasteiger partial charge on any atom is -0.399 e. The lowest BCUT2D eigenvalue weighted by Crippen LogP contribution is -2.41. The maximum Gasteiger partial charge on any atom is 0.494 e.